The Labute approximate surface area is 242 Å². The van der Waals surface area contributed by atoms with Gasteiger partial charge in [-0.3, -0.25) is 9.56 Å². The number of urea groups is 1. The third-order valence-corrected chi connectivity index (χ3v) is 10.0. The second kappa shape index (κ2) is 9.08. The van der Waals surface area contributed by atoms with E-state index in [0.29, 0.717) is 32.6 Å². The summed E-state index contributed by atoms with van der Waals surface area (Å²) < 4.78 is 4.19. The number of piperidine rings is 1. The average molecular weight is 570 g/mol. The Kier molecular flexibility index (Phi) is 5.51. The molecule has 4 aliphatic rings. The van der Waals surface area contributed by atoms with Crippen molar-refractivity contribution in [3.05, 3.63) is 85.8 Å². The molecule has 5 heterocycles. The minimum absolute atomic E-state index is 0.0547. The summed E-state index contributed by atoms with van der Waals surface area (Å²) in [5.41, 5.74) is 7.64. The van der Waals surface area contributed by atoms with Gasteiger partial charge in [0.25, 0.3) is 0 Å². The first-order valence-electron chi connectivity index (χ1n) is 14.5. The molecule has 1 atom stereocenters. The molecule has 2 N–H and O–H groups in total. The van der Waals surface area contributed by atoms with E-state index in [4.69, 9.17) is 16.6 Å². The van der Waals surface area contributed by atoms with E-state index in [1.165, 1.54) is 11.3 Å². The van der Waals surface area contributed by atoms with Gasteiger partial charge in [0.05, 0.1) is 30.2 Å². The van der Waals surface area contributed by atoms with E-state index in [1.54, 1.807) is 0 Å². The molecule has 10 heteroatoms. The van der Waals surface area contributed by atoms with Crippen LogP contribution in [0.3, 0.4) is 0 Å². The first kappa shape index (κ1) is 24.9. The van der Waals surface area contributed by atoms with Crippen molar-refractivity contribution in [3.8, 4) is 0 Å². The van der Waals surface area contributed by atoms with Crippen LogP contribution in [0.15, 0.2) is 46.3 Å². The van der Waals surface area contributed by atoms with Crippen LogP contribution in [-0.2, 0) is 24.9 Å². The number of carbonyl (C=O) groups excluding carboxylic acids is 1. The number of carbonyl (C=O) groups is 1. The Morgan fingerprint density at radius 2 is 1.98 bits per heavy atom. The number of hydrogen-bond donors (Lipinski definition) is 2. The lowest BCUT2D eigenvalue weighted by molar-refractivity contribution is 0.168. The molecule has 1 saturated carbocycles. The molecule has 0 radical (unpaired) electrons. The number of imidazole rings is 2. The molecule has 0 spiro atoms. The van der Waals surface area contributed by atoms with Crippen molar-refractivity contribution in [2.24, 2.45) is 4.99 Å². The number of nitrogens with zero attached hydrogens (tertiary/aromatic N) is 5. The van der Waals surface area contributed by atoms with Gasteiger partial charge in [0.15, 0.2) is 0 Å². The Balaban J connectivity index is 1.06. The summed E-state index contributed by atoms with van der Waals surface area (Å²) in [5.74, 6) is 0.901. The number of rotatable bonds is 3. The lowest BCUT2D eigenvalue weighted by Gasteiger charge is -2.33. The number of benzene rings is 2. The van der Waals surface area contributed by atoms with E-state index in [0.717, 1.165) is 64.3 Å². The maximum Gasteiger partial charge on any atom is 0.326 e. The topological polar surface area (TPSA) is 100 Å². The number of para-hydroxylation sites is 2. The highest BCUT2D eigenvalue weighted by Gasteiger charge is 2.44. The number of aromatic nitrogens is 4. The Morgan fingerprint density at radius 1 is 1.17 bits per heavy atom. The van der Waals surface area contributed by atoms with Crippen LogP contribution in [0.25, 0.3) is 11.0 Å². The molecule has 210 valence electrons. The van der Waals surface area contributed by atoms with E-state index in [2.05, 4.69) is 32.9 Å². The van der Waals surface area contributed by atoms with Crippen molar-refractivity contribution < 1.29 is 4.79 Å². The monoisotopic (exact) mass is 569 g/mol. The molecule has 2 aromatic carbocycles. The van der Waals surface area contributed by atoms with Gasteiger partial charge < -0.3 is 19.8 Å². The number of nitrogens with one attached hydrogen (secondary N) is 2. The summed E-state index contributed by atoms with van der Waals surface area (Å²) in [7, 11) is 0. The number of likely N-dealkylation sites (tertiary alicyclic amines) is 1. The molecule has 8 rings (SSSR count). The van der Waals surface area contributed by atoms with Gasteiger partial charge in [0, 0.05) is 65.2 Å². The zero-order valence-corrected chi connectivity index (χ0v) is 23.7. The highest BCUT2D eigenvalue weighted by molar-refractivity contribution is 6.32. The van der Waals surface area contributed by atoms with Gasteiger partial charge in [-0.05, 0) is 55.0 Å². The summed E-state index contributed by atoms with van der Waals surface area (Å²) in [6, 6.07) is 9.53. The maximum atomic E-state index is 13.7. The summed E-state index contributed by atoms with van der Waals surface area (Å²) in [4.78, 5) is 40.7. The Morgan fingerprint density at radius 3 is 2.78 bits per heavy atom. The number of hydrogen-bond acceptors (Lipinski definition) is 4. The van der Waals surface area contributed by atoms with Gasteiger partial charge >= 0.3 is 11.7 Å². The summed E-state index contributed by atoms with van der Waals surface area (Å²) in [5, 5.41) is 4.08. The molecule has 4 aromatic rings. The number of amides is 2. The molecule has 0 unspecified atom stereocenters. The van der Waals surface area contributed by atoms with Crippen molar-refractivity contribution in [3.63, 3.8) is 0 Å². The molecule has 2 fully saturated rings. The quantitative estimate of drug-likeness (QED) is 0.369. The van der Waals surface area contributed by atoms with Crippen LogP contribution >= 0.6 is 11.6 Å². The number of fused-ring (bicyclic) bond motifs is 5. The van der Waals surface area contributed by atoms with Crippen molar-refractivity contribution in [2.75, 3.05) is 13.1 Å². The van der Waals surface area contributed by atoms with Crippen LogP contribution in [0.1, 0.15) is 78.5 Å². The molecule has 1 aliphatic carbocycles. The number of H-pyrrole nitrogens is 1. The fraction of sp³-hybridized carbons (Fsp3) is 0.419. The van der Waals surface area contributed by atoms with E-state index in [-0.39, 0.29) is 29.2 Å². The molecule has 1 saturated heterocycles. The minimum atomic E-state index is -0.277. The molecule has 3 aliphatic heterocycles. The van der Waals surface area contributed by atoms with Crippen LogP contribution in [0.4, 0.5) is 4.79 Å². The van der Waals surface area contributed by atoms with Crippen molar-refractivity contribution in [2.45, 2.75) is 69.6 Å². The van der Waals surface area contributed by atoms with Crippen molar-refractivity contribution in [1.29, 1.82) is 0 Å². The highest BCUT2D eigenvalue weighted by atomic mass is 35.5. The number of halogens is 1. The van der Waals surface area contributed by atoms with E-state index in [9.17, 15) is 9.59 Å². The second-order valence-electron chi connectivity index (χ2n) is 12.2. The SMILES string of the molecule is CC1(c2cnc3n2Cc2c(cc(Cl)c4c2C=NC4)C[C@H]3NC(=O)N2CCC(n3c(=O)[nH]c4ccccc43)CC2)CC1. The van der Waals surface area contributed by atoms with Crippen LogP contribution in [-0.4, -0.2) is 49.3 Å². The smallest absolute Gasteiger partial charge is 0.326 e. The zero-order chi connectivity index (χ0) is 27.9. The van der Waals surface area contributed by atoms with Gasteiger partial charge in [-0.2, -0.15) is 0 Å². The van der Waals surface area contributed by atoms with Crippen LogP contribution in [0, 0.1) is 0 Å². The zero-order valence-electron chi connectivity index (χ0n) is 23.0. The van der Waals surface area contributed by atoms with E-state index < -0.39 is 0 Å². The fourth-order valence-electron chi connectivity index (χ4n) is 7.07. The Hall–Kier alpha value is -3.85. The number of aromatic amines is 1. The molecule has 2 aromatic heterocycles. The first-order chi connectivity index (χ1) is 19.9. The molecule has 9 nitrogen and oxygen atoms in total. The standard InChI is InChI=1S/C31H32ClN7O2/c1-31(8-9-31)27-16-34-28-25(13-18-12-23(32)21-15-33-14-20(21)22(18)17-38(27)28)36-29(40)37-10-6-19(7-11-37)39-26-5-3-2-4-24(26)35-30(39)41/h2-5,12,14,16,19,25H,6-11,13,15,17H2,1H3,(H,35,41)(H,36,40)/t25-/m1/s1. The van der Waals surface area contributed by atoms with Crippen molar-refractivity contribution >= 4 is 34.9 Å². The second-order valence-corrected chi connectivity index (χ2v) is 12.7. The predicted octanol–water partition coefficient (Wildman–Crippen LogP) is 4.86. The summed E-state index contributed by atoms with van der Waals surface area (Å²) >= 11 is 6.71. The molecule has 0 bridgehead atoms. The largest absolute Gasteiger partial charge is 0.328 e. The third kappa shape index (κ3) is 3.96. The maximum absolute atomic E-state index is 13.7. The summed E-state index contributed by atoms with van der Waals surface area (Å²) in [6.45, 7) is 4.79. The van der Waals surface area contributed by atoms with Gasteiger partial charge in [-0.1, -0.05) is 30.7 Å². The first-order valence-corrected chi connectivity index (χ1v) is 14.9. The normalized spacial score (nSPS) is 20.9. The highest BCUT2D eigenvalue weighted by Crippen LogP contribution is 2.49. The van der Waals surface area contributed by atoms with Gasteiger partial charge in [0.1, 0.15) is 5.82 Å². The summed E-state index contributed by atoms with van der Waals surface area (Å²) in [6.07, 6.45) is 8.34. The molecule has 41 heavy (non-hydrogen) atoms. The van der Waals surface area contributed by atoms with E-state index in [1.807, 2.05) is 46.1 Å². The lowest BCUT2D eigenvalue weighted by atomic mass is 9.94. The van der Waals surface area contributed by atoms with Crippen molar-refractivity contribution in [1.82, 2.24) is 29.3 Å². The third-order valence-electron chi connectivity index (χ3n) is 9.69. The van der Waals surface area contributed by atoms with Gasteiger partial charge in [0.2, 0.25) is 0 Å². The predicted molar refractivity (Wildman–Crippen MR) is 158 cm³/mol. The van der Waals surface area contributed by atoms with Crippen LogP contribution < -0.4 is 11.0 Å². The Bertz CT molecular complexity index is 1800. The lowest BCUT2D eigenvalue weighted by Crippen LogP contribution is -2.47. The molecular weight excluding hydrogens is 538 g/mol. The number of aliphatic imine (C=N–C) groups is 1. The van der Waals surface area contributed by atoms with Gasteiger partial charge in [-0.15, -0.1) is 0 Å². The molecule has 2 amide bonds. The molecular formula is C31H32ClN7O2. The fourth-order valence-corrected chi connectivity index (χ4v) is 7.37. The van der Waals surface area contributed by atoms with Crippen LogP contribution in [0.2, 0.25) is 5.02 Å². The average Bonchev–Trinajstić information content (AvgIpc) is 3.30. The van der Waals surface area contributed by atoms with E-state index >= 15 is 0 Å². The van der Waals surface area contributed by atoms with Crippen LogP contribution in [0.5, 0.6) is 0 Å². The van der Waals surface area contributed by atoms with Gasteiger partial charge in [-0.25, -0.2) is 14.6 Å². The minimum Gasteiger partial charge on any atom is -0.328 e.